The van der Waals surface area contributed by atoms with Crippen LogP contribution >= 0.6 is 23.4 Å². The molecule has 0 saturated carbocycles. The fraction of sp³-hybridized carbons (Fsp3) is 0.333. The van der Waals surface area contributed by atoms with Crippen molar-refractivity contribution in [3.05, 3.63) is 22.5 Å². The number of aromatic nitrogens is 1. The molecule has 94 valence electrons. The van der Waals surface area contributed by atoms with E-state index in [1.165, 1.54) is 12.1 Å². The Kier molecular flexibility index (Phi) is 5.49. The van der Waals surface area contributed by atoms with Gasteiger partial charge in [-0.1, -0.05) is 23.4 Å². The highest BCUT2D eigenvalue weighted by Crippen LogP contribution is 2.26. The minimum absolute atomic E-state index is 0.108. The summed E-state index contributed by atoms with van der Waals surface area (Å²) < 4.78 is 4.74. The molecule has 0 aliphatic heterocycles. The Morgan fingerprint density at radius 2 is 2.41 bits per heavy atom. The first-order valence-electron chi connectivity index (χ1n) is 4.65. The fourth-order valence-corrected chi connectivity index (χ4v) is 1.91. The second kappa shape index (κ2) is 6.65. The molecule has 0 saturated heterocycles. The van der Waals surface area contributed by atoms with Crippen LogP contribution in [0.4, 0.5) is 5.69 Å². The zero-order valence-corrected chi connectivity index (χ0v) is 10.5. The largest absolute Gasteiger partial charge is 0.733 e. The molecule has 0 atom stereocenters. The van der Waals surface area contributed by atoms with Crippen LogP contribution in [0, 0.1) is 5.21 Å². The lowest BCUT2D eigenvalue weighted by atomic mass is 10.4. The Labute approximate surface area is 107 Å². The number of halogens is 1. The van der Waals surface area contributed by atoms with Gasteiger partial charge in [0.1, 0.15) is 0 Å². The van der Waals surface area contributed by atoms with Crippen molar-refractivity contribution in [1.29, 1.82) is 0 Å². The van der Waals surface area contributed by atoms with E-state index in [4.69, 9.17) is 21.5 Å². The van der Waals surface area contributed by atoms with Crippen LogP contribution in [0.1, 0.15) is 6.92 Å². The van der Waals surface area contributed by atoms with Crippen molar-refractivity contribution in [3.63, 3.8) is 0 Å². The summed E-state index contributed by atoms with van der Waals surface area (Å²) >= 11 is 6.79. The van der Waals surface area contributed by atoms with Gasteiger partial charge in [0.25, 0.3) is 0 Å². The lowest BCUT2D eigenvalue weighted by Crippen LogP contribution is -2.09. The van der Waals surface area contributed by atoms with Gasteiger partial charge in [-0.3, -0.25) is 10.0 Å². The molecule has 1 rings (SSSR count). The number of ether oxygens (including phenoxy) is 1. The van der Waals surface area contributed by atoms with E-state index in [0.29, 0.717) is 11.6 Å². The topological polar surface area (TPSA) is 85.7 Å². The lowest BCUT2D eigenvalue weighted by Gasteiger charge is -2.22. The summed E-state index contributed by atoms with van der Waals surface area (Å²) in [6.07, 6.45) is 0. The summed E-state index contributed by atoms with van der Waals surface area (Å²) in [5.41, 5.74) is -0.146. The standard InChI is InChI=1S/C9H10ClN2O4S/c1-2-16-8(13)5-17-7-4-3-6(12(14)15)9(10)11-7/h3-4,14H,2,5H2,1H3/q-1. The highest BCUT2D eigenvalue weighted by atomic mass is 35.5. The molecular formula is C9H10ClN2O4S-. The average Bonchev–Trinajstić information content (AvgIpc) is 2.26. The van der Waals surface area contributed by atoms with Crippen LogP contribution in [0.3, 0.4) is 0 Å². The molecule has 1 aromatic rings. The van der Waals surface area contributed by atoms with Crippen molar-refractivity contribution in [2.45, 2.75) is 11.9 Å². The quantitative estimate of drug-likeness (QED) is 0.382. The van der Waals surface area contributed by atoms with Gasteiger partial charge in [-0.05, 0) is 19.1 Å². The SMILES string of the molecule is CCOC(=O)CSc1ccc(N([O-])O)c(Cl)n1. The van der Waals surface area contributed by atoms with Gasteiger partial charge in [0.05, 0.1) is 23.1 Å². The van der Waals surface area contributed by atoms with E-state index in [2.05, 4.69) is 4.98 Å². The number of hydrogen-bond acceptors (Lipinski definition) is 7. The van der Waals surface area contributed by atoms with Gasteiger partial charge in [0, 0.05) is 0 Å². The van der Waals surface area contributed by atoms with Gasteiger partial charge < -0.3 is 15.2 Å². The number of anilines is 1. The molecule has 1 heterocycles. The number of carbonyl (C=O) groups is 1. The highest BCUT2D eigenvalue weighted by molar-refractivity contribution is 7.99. The van der Waals surface area contributed by atoms with E-state index in [0.717, 1.165) is 11.8 Å². The van der Waals surface area contributed by atoms with Crippen molar-refractivity contribution in [2.75, 3.05) is 17.6 Å². The van der Waals surface area contributed by atoms with Crippen molar-refractivity contribution in [3.8, 4) is 0 Å². The van der Waals surface area contributed by atoms with E-state index < -0.39 is 0 Å². The van der Waals surface area contributed by atoms with Gasteiger partial charge in [-0.2, -0.15) is 0 Å². The van der Waals surface area contributed by atoms with Crippen molar-refractivity contribution < 1.29 is 14.7 Å². The monoisotopic (exact) mass is 277 g/mol. The van der Waals surface area contributed by atoms with E-state index in [-0.39, 0.29) is 27.8 Å². The van der Waals surface area contributed by atoms with Gasteiger partial charge in [0.15, 0.2) is 5.15 Å². The normalized spacial score (nSPS) is 10.1. The van der Waals surface area contributed by atoms with Gasteiger partial charge in [0.2, 0.25) is 0 Å². The average molecular weight is 278 g/mol. The molecule has 8 heteroatoms. The van der Waals surface area contributed by atoms with E-state index in [9.17, 15) is 10.0 Å². The van der Waals surface area contributed by atoms with Crippen LogP contribution in [-0.2, 0) is 9.53 Å². The molecule has 1 N–H and O–H groups in total. The van der Waals surface area contributed by atoms with Crippen LogP contribution in [0.5, 0.6) is 0 Å². The zero-order chi connectivity index (χ0) is 12.8. The summed E-state index contributed by atoms with van der Waals surface area (Å²) in [5.74, 6) is -0.247. The maximum absolute atomic E-state index is 11.1. The number of nitrogens with zero attached hydrogens (tertiary/aromatic N) is 2. The van der Waals surface area contributed by atoms with E-state index >= 15 is 0 Å². The van der Waals surface area contributed by atoms with Crippen LogP contribution in [0.25, 0.3) is 0 Å². The molecule has 0 aliphatic rings. The first-order valence-corrected chi connectivity index (χ1v) is 6.02. The van der Waals surface area contributed by atoms with E-state index in [1.807, 2.05) is 0 Å². The minimum atomic E-state index is -0.366. The molecule has 0 unspecified atom stereocenters. The summed E-state index contributed by atoms with van der Waals surface area (Å²) in [6.45, 7) is 2.04. The fourth-order valence-electron chi connectivity index (χ4n) is 0.969. The highest BCUT2D eigenvalue weighted by Gasteiger charge is 2.07. The number of carbonyl (C=O) groups excluding carboxylic acids is 1. The number of hydrogen-bond donors (Lipinski definition) is 1. The third kappa shape index (κ3) is 4.39. The van der Waals surface area contributed by atoms with Gasteiger partial charge in [-0.15, -0.1) is 0 Å². The van der Waals surface area contributed by atoms with Gasteiger partial charge >= 0.3 is 5.97 Å². The molecule has 0 spiro atoms. The smallest absolute Gasteiger partial charge is 0.316 e. The molecule has 17 heavy (non-hydrogen) atoms. The molecule has 0 aromatic carbocycles. The second-order valence-electron chi connectivity index (χ2n) is 2.83. The maximum atomic E-state index is 11.1. The summed E-state index contributed by atoms with van der Waals surface area (Å²) in [5, 5.41) is 19.2. The summed E-state index contributed by atoms with van der Waals surface area (Å²) in [4.78, 5) is 14.9. The van der Waals surface area contributed by atoms with E-state index in [1.54, 1.807) is 6.92 Å². The molecule has 0 amide bonds. The Morgan fingerprint density at radius 3 is 2.94 bits per heavy atom. The molecule has 1 aromatic heterocycles. The number of esters is 1. The van der Waals surface area contributed by atoms with Crippen molar-refractivity contribution in [2.24, 2.45) is 0 Å². The third-order valence-electron chi connectivity index (χ3n) is 1.65. The molecule has 0 fully saturated rings. The maximum Gasteiger partial charge on any atom is 0.316 e. The third-order valence-corrected chi connectivity index (χ3v) is 2.83. The second-order valence-corrected chi connectivity index (χ2v) is 4.18. The van der Waals surface area contributed by atoms with Crippen LogP contribution < -0.4 is 5.23 Å². The molecule has 0 aliphatic carbocycles. The molecule has 0 bridgehead atoms. The Balaban J connectivity index is 2.62. The van der Waals surface area contributed by atoms with Crippen molar-refractivity contribution in [1.82, 2.24) is 4.98 Å². The number of thioether (sulfide) groups is 1. The molecule has 0 radical (unpaired) electrons. The lowest BCUT2D eigenvalue weighted by molar-refractivity contribution is -0.139. The van der Waals surface area contributed by atoms with Crippen molar-refractivity contribution >= 4 is 35.0 Å². The zero-order valence-electron chi connectivity index (χ0n) is 8.92. The Hall–Kier alpha value is -1.02. The van der Waals surface area contributed by atoms with Crippen LogP contribution in [0.2, 0.25) is 5.15 Å². The predicted octanol–water partition coefficient (Wildman–Crippen LogP) is 2.08. The van der Waals surface area contributed by atoms with Gasteiger partial charge in [-0.25, -0.2) is 4.98 Å². The van der Waals surface area contributed by atoms with Crippen LogP contribution in [0.15, 0.2) is 17.2 Å². The summed E-state index contributed by atoms with van der Waals surface area (Å²) in [6, 6.07) is 2.79. The first-order chi connectivity index (χ1) is 8.04. The Bertz CT molecular complexity index is 403. The number of pyridine rings is 1. The molecule has 6 nitrogen and oxygen atoms in total. The predicted molar refractivity (Wildman–Crippen MR) is 64.2 cm³/mol. The molecular weight excluding hydrogens is 268 g/mol. The summed E-state index contributed by atoms with van der Waals surface area (Å²) in [7, 11) is 0. The van der Waals surface area contributed by atoms with Crippen LogP contribution in [-0.4, -0.2) is 28.5 Å². The Morgan fingerprint density at radius 1 is 1.71 bits per heavy atom. The first kappa shape index (κ1) is 14.0. The minimum Gasteiger partial charge on any atom is -0.733 e. The number of rotatable bonds is 5.